The minimum absolute atomic E-state index is 0.00625. The second kappa shape index (κ2) is 8.24. The van der Waals surface area contributed by atoms with Crippen LogP contribution < -0.4 is 10.1 Å². The van der Waals surface area contributed by atoms with E-state index in [0.717, 1.165) is 11.4 Å². The maximum Gasteiger partial charge on any atom is 0.387 e. The Bertz CT molecular complexity index is 822. The fourth-order valence-electron chi connectivity index (χ4n) is 2.57. The molecule has 1 atom stereocenters. The number of halogens is 2. The van der Waals surface area contributed by atoms with Crippen molar-refractivity contribution >= 4 is 5.91 Å². The van der Waals surface area contributed by atoms with E-state index in [-0.39, 0.29) is 17.7 Å². The average molecular weight is 357 g/mol. The molecule has 7 heteroatoms. The van der Waals surface area contributed by atoms with Gasteiger partial charge in [0.15, 0.2) is 0 Å². The average Bonchev–Trinajstić information content (AvgIpc) is 3.15. The van der Waals surface area contributed by atoms with Crippen LogP contribution in [0.1, 0.15) is 27.8 Å². The van der Waals surface area contributed by atoms with Crippen LogP contribution in [0, 0.1) is 0 Å². The molecule has 1 aromatic heterocycles. The van der Waals surface area contributed by atoms with Crippen molar-refractivity contribution in [2.24, 2.45) is 0 Å². The number of carbonyl (C=O) groups excluding carboxylic acids is 1. The van der Waals surface area contributed by atoms with Crippen molar-refractivity contribution in [3.63, 3.8) is 0 Å². The second-order valence-electron chi connectivity index (χ2n) is 5.58. The molecule has 0 aliphatic carbocycles. The summed E-state index contributed by atoms with van der Waals surface area (Å²) in [6, 6.07) is 14.8. The van der Waals surface area contributed by atoms with Crippen LogP contribution in [0.5, 0.6) is 5.75 Å². The molecule has 5 nitrogen and oxygen atoms in total. The van der Waals surface area contributed by atoms with E-state index in [0.29, 0.717) is 12.0 Å². The summed E-state index contributed by atoms with van der Waals surface area (Å²) < 4.78 is 28.7. The molecule has 0 spiro atoms. The van der Waals surface area contributed by atoms with Crippen molar-refractivity contribution in [2.75, 3.05) is 0 Å². The molecule has 2 aromatic carbocycles. The Hall–Kier alpha value is -3.22. The molecule has 0 fully saturated rings. The van der Waals surface area contributed by atoms with Gasteiger partial charge in [-0.15, -0.1) is 0 Å². The number of nitrogens with one attached hydrogen (secondary N) is 2. The first-order valence-electron chi connectivity index (χ1n) is 8.01. The van der Waals surface area contributed by atoms with Gasteiger partial charge in [-0.3, -0.25) is 4.79 Å². The molecule has 3 rings (SSSR count). The monoisotopic (exact) mass is 357 g/mol. The van der Waals surface area contributed by atoms with E-state index in [9.17, 15) is 13.6 Å². The third-order valence-electron chi connectivity index (χ3n) is 3.80. The minimum atomic E-state index is -2.90. The first-order valence-corrected chi connectivity index (χ1v) is 8.01. The highest BCUT2D eigenvalue weighted by Gasteiger charge is 2.17. The van der Waals surface area contributed by atoms with Crippen LogP contribution in [0.2, 0.25) is 0 Å². The Labute approximate surface area is 149 Å². The van der Waals surface area contributed by atoms with Crippen LogP contribution in [-0.4, -0.2) is 22.5 Å². The van der Waals surface area contributed by atoms with Gasteiger partial charge in [-0.25, -0.2) is 4.98 Å². The summed E-state index contributed by atoms with van der Waals surface area (Å²) in [5.41, 5.74) is 1.29. The van der Waals surface area contributed by atoms with Crippen LogP contribution in [0.3, 0.4) is 0 Å². The first kappa shape index (κ1) is 17.6. The lowest BCUT2D eigenvalue weighted by molar-refractivity contribution is -0.0498. The SMILES string of the molecule is O=C(N[C@@H](Cc1ncc[nH]1)c1ccccc1)c1ccc(OC(F)F)cc1. The number of nitrogens with zero attached hydrogens (tertiary/aromatic N) is 1. The summed E-state index contributed by atoms with van der Waals surface area (Å²) in [4.78, 5) is 19.8. The maximum atomic E-state index is 12.6. The summed E-state index contributed by atoms with van der Waals surface area (Å²) >= 11 is 0. The predicted octanol–water partition coefficient (Wildman–Crippen LogP) is 3.72. The number of ether oxygens (including phenoxy) is 1. The molecule has 0 radical (unpaired) electrons. The molecule has 1 heterocycles. The van der Waals surface area contributed by atoms with Crippen LogP contribution in [0.15, 0.2) is 67.0 Å². The van der Waals surface area contributed by atoms with Gasteiger partial charge >= 0.3 is 6.61 Å². The number of H-pyrrole nitrogens is 1. The van der Waals surface area contributed by atoms with Crippen LogP contribution in [-0.2, 0) is 6.42 Å². The summed E-state index contributed by atoms with van der Waals surface area (Å²) in [5, 5.41) is 2.96. The van der Waals surface area contributed by atoms with Gasteiger partial charge in [-0.1, -0.05) is 30.3 Å². The Kier molecular flexibility index (Phi) is 5.58. The van der Waals surface area contributed by atoms with E-state index in [1.807, 2.05) is 30.3 Å². The van der Waals surface area contributed by atoms with Crippen molar-refractivity contribution in [2.45, 2.75) is 19.1 Å². The Balaban J connectivity index is 1.74. The number of carbonyl (C=O) groups is 1. The molecule has 2 N–H and O–H groups in total. The zero-order chi connectivity index (χ0) is 18.4. The van der Waals surface area contributed by atoms with Crippen molar-refractivity contribution in [3.8, 4) is 5.75 Å². The minimum Gasteiger partial charge on any atom is -0.435 e. The molecule has 0 saturated carbocycles. The van der Waals surface area contributed by atoms with Gasteiger partial charge in [0.25, 0.3) is 5.91 Å². The number of rotatable bonds is 7. The molecular weight excluding hydrogens is 340 g/mol. The standard InChI is InChI=1S/C19H17F2N3O2/c20-19(21)26-15-8-6-14(7-9-15)18(25)24-16(12-17-22-10-11-23-17)13-4-2-1-3-5-13/h1-11,16,19H,12H2,(H,22,23)(H,24,25)/t16-/m0/s1. The maximum absolute atomic E-state index is 12.6. The number of aromatic amines is 1. The van der Waals surface area contributed by atoms with Gasteiger partial charge in [0, 0.05) is 24.4 Å². The van der Waals surface area contributed by atoms with Gasteiger partial charge in [-0.2, -0.15) is 8.78 Å². The van der Waals surface area contributed by atoms with Gasteiger partial charge in [0.1, 0.15) is 11.6 Å². The second-order valence-corrected chi connectivity index (χ2v) is 5.58. The molecular formula is C19H17F2N3O2. The highest BCUT2D eigenvalue weighted by Crippen LogP contribution is 2.19. The van der Waals surface area contributed by atoms with Crippen molar-refractivity contribution < 1.29 is 18.3 Å². The lowest BCUT2D eigenvalue weighted by Gasteiger charge is -2.18. The third-order valence-corrected chi connectivity index (χ3v) is 3.80. The number of hydrogen-bond acceptors (Lipinski definition) is 3. The number of imidazole rings is 1. The van der Waals surface area contributed by atoms with E-state index in [2.05, 4.69) is 20.0 Å². The largest absolute Gasteiger partial charge is 0.435 e. The number of hydrogen-bond donors (Lipinski definition) is 2. The Morgan fingerprint density at radius 2 is 1.85 bits per heavy atom. The van der Waals surface area contributed by atoms with Crippen molar-refractivity contribution in [1.82, 2.24) is 15.3 Å². The number of amides is 1. The Morgan fingerprint density at radius 3 is 2.46 bits per heavy atom. The van der Waals surface area contributed by atoms with Gasteiger partial charge in [0.2, 0.25) is 0 Å². The summed E-state index contributed by atoms with van der Waals surface area (Å²) in [6.45, 7) is -2.90. The normalized spacial score (nSPS) is 12.0. The fourth-order valence-corrected chi connectivity index (χ4v) is 2.57. The molecule has 0 saturated heterocycles. The molecule has 3 aromatic rings. The number of aromatic nitrogens is 2. The molecule has 1 amide bonds. The molecule has 0 aliphatic rings. The fraction of sp³-hybridized carbons (Fsp3) is 0.158. The summed E-state index contributed by atoms with van der Waals surface area (Å²) in [7, 11) is 0. The third kappa shape index (κ3) is 4.66. The lowest BCUT2D eigenvalue weighted by Crippen LogP contribution is -2.30. The van der Waals surface area contributed by atoms with E-state index >= 15 is 0 Å². The predicted molar refractivity (Wildman–Crippen MR) is 92.0 cm³/mol. The van der Waals surface area contributed by atoms with E-state index < -0.39 is 6.61 Å². The van der Waals surface area contributed by atoms with Crippen molar-refractivity contribution in [3.05, 3.63) is 83.9 Å². The highest BCUT2D eigenvalue weighted by atomic mass is 19.3. The molecule has 0 unspecified atom stereocenters. The molecule has 26 heavy (non-hydrogen) atoms. The zero-order valence-corrected chi connectivity index (χ0v) is 13.7. The number of alkyl halides is 2. The lowest BCUT2D eigenvalue weighted by atomic mass is 10.0. The van der Waals surface area contributed by atoms with Crippen molar-refractivity contribution in [1.29, 1.82) is 0 Å². The highest BCUT2D eigenvalue weighted by molar-refractivity contribution is 5.94. The van der Waals surface area contributed by atoms with E-state index in [4.69, 9.17) is 0 Å². The van der Waals surface area contributed by atoms with Gasteiger partial charge < -0.3 is 15.0 Å². The van der Waals surface area contributed by atoms with Gasteiger partial charge in [0.05, 0.1) is 6.04 Å². The molecule has 0 bridgehead atoms. The zero-order valence-electron chi connectivity index (χ0n) is 13.7. The summed E-state index contributed by atoms with van der Waals surface area (Å²) in [5.74, 6) is 0.445. The quantitative estimate of drug-likeness (QED) is 0.677. The topological polar surface area (TPSA) is 67.0 Å². The van der Waals surface area contributed by atoms with Gasteiger partial charge in [-0.05, 0) is 29.8 Å². The smallest absolute Gasteiger partial charge is 0.387 e. The van der Waals surface area contributed by atoms with Crippen LogP contribution in [0.4, 0.5) is 8.78 Å². The Morgan fingerprint density at radius 1 is 1.12 bits per heavy atom. The van der Waals surface area contributed by atoms with E-state index in [1.165, 1.54) is 24.3 Å². The molecule has 0 aliphatic heterocycles. The van der Waals surface area contributed by atoms with Crippen LogP contribution in [0.25, 0.3) is 0 Å². The number of benzene rings is 2. The first-order chi connectivity index (χ1) is 12.6. The van der Waals surface area contributed by atoms with E-state index in [1.54, 1.807) is 12.4 Å². The van der Waals surface area contributed by atoms with Crippen LogP contribution >= 0.6 is 0 Å². The summed E-state index contributed by atoms with van der Waals surface area (Å²) in [6.07, 6.45) is 3.87. The molecule has 134 valence electrons.